The molecule has 2 aliphatic rings. The van der Waals surface area contributed by atoms with Crippen molar-refractivity contribution in [2.24, 2.45) is 0 Å². The van der Waals surface area contributed by atoms with Crippen molar-refractivity contribution in [3.05, 3.63) is 72.7 Å². The van der Waals surface area contributed by atoms with Gasteiger partial charge in [0, 0.05) is 66.0 Å². The minimum atomic E-state index is 0.699. The number of piperazine rings is 1. The van der Waals surface area contributed by atoms with E-state index in [0.29, 0.717) is 5.82 Å². The van der Waals surface area contributed by atoms with Crippen LogP contribution in [0.25, 0.3) is 49.8 Å². The normalized spacial score (nSPS) is 15.9. The van der Waals surface area contributed by atoms with Crippen LogP contribution in [0.4, 0.5) is 5.82 Å². The average molecular weight is 432 g/mol. The van der Waals surface area contributed by atoms with Gasteiger partial charge in [0.15, 0.2) is 5.82 Å². The molecule has 160 valence electrons. The lowest BCUT2D eigenvalue weighted by molar-refractivity contribution is 0.586. The molecule has 0 unspecified atom stereocenters. The zero-order valence-electron chi connectivity index (χ0n) is 17.9. The molecule has 5 heterocycles. The van der Waals surface area contributed by atoms with E-state index in [1.807, 2.05) is 30.7 Å². The summed E-state index contributed by atoms with van der Waals surface area (Å²) in [5.74, 6) is 1.67. The molecule has 2 N–H and O–H groups in total. The van der Waals surface area contributed by atoms with Gasteiger partial charge in [-0.1, -0.05) is 36.4 Å². The van der Waals surface area contributed by atoms with Crippen LogP contribution in [0.2, 0.25) is 0 Å². The Bertz CT molecular complexity index is 1610. The first-order valence-electron chi connectivity index (χ1n) is 11.2. The van der Waals surface area contributed by atoms with Crippen molar-refractivity contribution in [3.8, 4) is 11.4 Å². The fourth-order valence-electron chi connectivity index (χ4n) is 4.83. The zero-order chi connectivity index (χ0) is 21.8. The van der Waals surface area contributed by atoms with Crippen LogP contribution < -0.4 is 10.2 Å². The Morgan fingerprint density at radius 3 is 2.64 bits per heavy atom. The number of fused-ring (bicyclic) bond motifs is 4. The number of nitrogens with one attached hydrogen (secondary N) is 2. The Morgan fingerprint density at radius 2 is 1.79 bits per heavy atom. The molecule has 1 saturated heterocycles. The molecule has 0 atom stereocenters. The molecular weight excluding hydrogens is 410 g/mol. The third kappa shape index (κ3) is 2.86. The smallest absolute Gasteiger partial charge is 0.163 e. The van der Waals surface area contributed by atoms with E-state index in [9.17, 15) is 0 Å². The second kappa shape index (κ2) is 7.21. The highest BCUT2D eigenvalue weighted by atomic mass is 15.2. The number of nitrogens with zero attached hydrogens (tertiary/aromatic N) is 5. The molecule has 7 heteroatoms. The number of rotatable bonds is 3. The molecule has 7 rings (SSSR count). The number of pyridine rings is 2. The van der Waals surface area contributed by atoms with Gasteiger partial charge in [0.1, 0.15) is 11.5 Å². The second-order valence-corrected chi connectivity index (χ2v) is 8.42. The third-order valence-electron chi connectivity index (χ3n) is 6.51. The van der Waals surface area contributed by atoms with Crippen molar-refractivity contribution in [2.45, 2.75) is 0 Å². The van der Waals surface area contributed by atoms with E-state index >= 15 is 0 Å². The van der Waals surface area contributed by atoms with Gasteiger partial charge in [0.05, 0.1) is 17.1 Å². The summed E-state index contributed by atoms with van der Waals surface area (Å²) in [5, 5.41) is 6.69. The highest BCUT2D eigenvalue weighted by Crippen LogP contribution is 2.37. The molecule has 1 aromatic carbocycles. The van der Waals surface area contributed by atoms with Crippen LogP contribution in [0.5, 0.6) is 0 Å². The van der Waals surface area contributed by atoms with E-state index in [4.69, 9.17) is 9.97 Å². The van der Waals surface area contributed by atoms with Crippen molar-refractivity contribution in [1.29, 1.82) is 0 Å². The van der Waals surface area contributed by atoms with E-state index in [0.717, 1.165) is 76.0 Å². The Hall–Kier alpha value is -4.10. The molecular formula is C26H21N7. The predicted molar refractivity (Wildman–Crippen MR) is 132 cm³/mol. The first-order chi connectivity index (χ1) is 16.4. The summed E-state index contributed by atoms with van der Waals surface area (Å²) in [5.41, 5.74) is 5.99. The highest BCUT2D eigenvalue weighted by molar-refractivity contribution is 6.13. The van der Waals surface area contributed by atoms with Gasteiger partial charge in [-0.05, 0) is 17.7 Å². The molecule has 33 heavy (non-hydrogen) atoms. The Labute approximate surface area is 189 Å². The third-order valence-corrected chi connectivity index (χ3v) is 6.51. The summed E-state index contributed by atoms with van der Waals surface area (Å²) in [6.45, 7) is 3.68. The number of hydrogen-bond donors (Lipinski definition) is 2. The van der Waals surface area contributed by atoms with Crippen LogP contribution in [-0.2, 0) is 0 Å². The van der Waals surface area contributed by atoms with Crippen LogP contribution in [0.1, 0.15) is 5.56 Å². The maximum absolute atomic E-state index is 5.20. The fourth-order valence-corrected chi connectivity index (χ4v) is 4.83. The Kier molecular flexibility index (Phi) is 4.04. The van der Waals surface area contributed by atoms with Gasteiger partial charge in [0.2, 0.25) is 0 Å². The van der Waals surface area contributed by atoms with E-state index < -0.39 is 0 Å². The minimum Gasteiger partial charge on any atom is -0.353 e. The highest BCUT2D eigenvalue weighted by Gasteiger charge is 2.22. The molecule has 4 aromatic heterocycles. The molecule has 0 bridgehead atoms. The molecule has 1 fully saturated rings. The van der Waals surface area contributed by atoms with Crippen LogP contribution in [-0.4, -0.2) is 51.1 Å². The van der Waals surface area contributed by atoms with Gasteiger partial charge >= 0.3 is 0 Å². The summed E-state index contributed by atoms with van der Waals surface area (Å²) in [4.78, 5) is 25.1. The number of benzene rings is 1. The fraction of sp³-hybridized carbons (Fsp3) is 0.154. The van der Waals surface area contributed by atoms with Crippen LogP contribution >= 0.6 is 0 Å². The number of hydrogen-bond acceptors (Lipinski definition) is 6. The number of para-hydroxylation sites is 1. The standard InChI is InChI=1S/C26H21N7/c1-2-7-20-17(6-1)22-18(8-9-29-25(22)30-20)24-31-21-15-28-14-19(16-4-3-5-16)23(21)26(32-24)33-12-10-27-11-13-33/h1-9,14-15,27H,10-13H2,(H,29,30). The van der Waals surface area contributed by atoms with Gasteiger partial charge in [-0.3, -0.25) is 4.98 Å². The zero-order valence-corrected chi connectivity index (χ0v) is 17.9. The Balaban J connectivity index is 1.53. The van der Waals surface area contributed by atoms with Crippen LogP contribution in [0, 0.1) is 0 Å². The summed E-state index contributed by atoms with van der Waals surface area (Å²) >= 11 is 0. The van der Waals surface area contributed by atoms with Crippen LogP contribution in [0.15, 0.2) is 67.2 Å². The number of H-pyrrole nitrogens is 1. The lowest BCUT2D eigenvalue weighted by Crippen LogP contribution is -2.44. The molecule has 0 radical (unpaired) electrons. The summed E-state index contributed by atoms with van der Waals surface area (Å²) < 4.78 is 0. The van der Waals surface area contributed by atoms with Crippen LogP contribution in [0.3, 0.4) is 0 Å². The van der Waals surface area contributed by atoms with Crippen molar-refractivity contribution in [2.75, 3.05) is 31.1 Å². The SMILES string of the molecule is C1=CC(c2cncc3nc(-c4ccnc5[nH]c6ccccc6c45)nc(N4CCNCC4)c23)=C1. The molecule has 0 saturated carbocycles. The first kappa shape index (κ1) is 18.5. The van der Waals surface area contributed by atoms with Gasteiger partial charge in [-0.15, -0.1) is 0 Å². The summed E-state index contributed by atoms with van der Waals surface area (Å²) in [6.07, 6.45) is 11.9. The van der Waals surface area contributed by atoms with Crippen molar-refractivity contribution < 1.29 is 0 Å². The molecule has 5 aromatic rings. The van der Waals surface area contributed by atoms with E-state index in [1.165, 1.54) is 5.57 Å². The lowest BCUT2D eigenvalue weighted by atomic mass is 9.97. The molecule has 0 spiro atoms. The van der Waals surface area contributed by atoms with E-state index in [-0.39, 0.29) is 0 Å². The van der Waals surface area contributed by atoms with Gasteiger partial charge in [-0.25, -0.2) is 15.0 Å². The summed E-state index contributed by atoms with van der Waals surface area (Å²) in [6, 6.07) is 10.3. The van der Waals surface area contributed by atoms with Crippen molar-refractivity contribution in [3.63, 3.8) is 0 Å². The quantitative estimate of drug-likeness (QED) is 0.448. The van der Waals surface area contributed by atoms with Gasteiger partial charge in [0.25, 0.3) is 0 Å². The Morgan fingerprint density at radius 1 is 0.909 bits per heavy atom. The van der Waals surface area contributed by atoms with E-state index in [1.54, 1.807) is 0 Å². The lowest BCUT2D eigenvalue weighted by Gasteiger charge is -2.30. The second-order valence-electron chi connectivity index (χ2n) is 8.42. The largest absolute Gasteiger partial charge is 0.353 e. The minimum absolute atomic E-state index is 0.699. The topological polar surface area (TPSA) is 82.6 Å². The number of aromatic nitrogens is 5. The molecule has 1 aliphatic carbocycles. The maximum atomic E-state index is 5.20. The number of anilines is 1. The number of aromatic amines is 1. The van der Waals surface area contributed by atoms with Gasteiger partial charge < -0.3 is 15.2 Å². The molecule has 0 amide bonds. The van der Waals surface area contributed by atoms with Crippen molar-refractivity contribution in [1.82, 2.24) is 30.2 Å². The summed E-state index contributed by atoms with van der Waals surface area (Å²) in [7, 11) is 0. The average Bonchev–Trinajstić information content (AvgIpc) is 3.22. The number of allylic oxidation sites excluding steroid dienone is 4. The van der Waals surface area contributed by atoms with E-state index in [2.05, 4.69) is 61.6 Å². The maximum Gasteiger partial charge on any atom is 0.163 e. The predicted octanol–water partition coefficient (Wildman–Crippen LogP) is 4.08. The molecule has 7 nitrogen and oxygen atoms in total. The monoisotopic (exact) mass is 431 g/mol. The molecule has 1 aliphatic heterocycles. The van der Waals surface area contributed by atoms with Gasteiger partial charge in [-0.2, -0.15) is 0 Å². The first-order valence-corrected chi connectivity index (χ1v) is 11.2. The van der Waals surface area contributed by atoms with Crippen molar-refractivity contribution >= 4 is 44.2 Å².